The Kier molecular flexibility index (Phi) is 5.13. The van der Waals surface area contributed by atoms with Gasteiger partial charge in [0.1, 0.15) is 0 Å². The number of anilines is 1. The molecule has 0 saturated heterocycles. The van der Waals surface area contributed by atoms with E-state index in [1.165, 1.54) is 32.2 Å². The number of hydrogen-bond donors (Lipinski definition) is 1. The summed E-state index contributed by atoms with van der Waals surface area (Å²) in [5.41, 5.74) is 3.64. The van der Waals surface area contributed by atoms with E-state index in [0.717, 1.165) is 11.1 Å². The number of benzene rings is 3. The van der Waals surface area contributed by atoms with Crippen LogP contribution >= 0.6 is 0 Å². The van der Waals surface area contributed by atoms with Crippen LogP contribution in [0.15, 0.2) is 71.5 Å². The molecule has 2 heterocycles. The third kappa shape index (κ3) is 3.49. The van der Waals surface area contributed by atoms with Gasteiger partial charge < -0.3 is 5.32 Å². The second-order valence-corrected chi connectivity index (χ2v) is 8.32. The summed E-state index contributed by atoms with van der Waals surface area (Å²) in [5, 5.41) is 2.81. The van der Waals surface area contributed by atoms with Crippen molar-refractivity contribution in [2.75, 3.05) is 11.9 Å². The molecule has 3 amide bonds. The number of nitrogens with zero attached hydrogens (tertiary/aromatic N) is 3. The molecule has 34 heavy (non-hydrogen) atoms. The second kappa shape index (κ2) is 8.15. The first-order valence-electron chi connectivity index (χ1n) is 10.9. The topological polar surface area (TPSA) is 93.4 Å². The number of carbonyl (C=O) groups excluding carboxylic acids is 3. The van der Waals surface area contributed by atoms with E-state index in [1.807, 2.05) is 30.3 Å². The van der Waals surface area contributed by atoms with E-state index in [4.69, 9.17) is 0 Å². The summed E-state index contributed by atoms with van der Waals surface area (Å²) in [7, 11) is 3.36. The number of carbonyl (C=O) groups is 3. The van der Waals surface area contributed by atoms with Crippen molar-refractivity contribution in [2.24, 2.45) is 14.1 Å². The SMILES string of the molecule is Cn1c(=O)n(C)c2cc(NC(=O)c3ccc4c(c3)C(=O)N(CCc3ccccc3)C4=O)ccc21. The molecule has 0 fully saturated rings. The molecule has 5 rings (SSSR count). The van der Waals surface area contributed by atoms with E-state index in [2.05, 4.69) is 5.32 Å². The largest absolute Gasteiger partial charge is 0.328 e. The molecule has 4 aromatic rings. The third-order valence-corrected chi connectivity index (χ3v) is 6.23. The highest BCUT2D eigenvalue weighted by molar-refractivity contribution is 6.22. The van der Waals surface area contributed by atoms with Crippen molar-refractivity contribution < 1.29 is 14.4 Å². The number of rotatable bonds is 5. The fourth-order valence-corrected chi connectivity index (χ4v) is 4.31. The molecule has 1 N–H and O–H groups in total. The first-order chi connectivity index (χ1) is 16.3. The van der Waals surface area contributed by atoms with Crippen LogP contribution in [0.2, 0.25) is 0 Å². The predicted molar refractivity (Wildman–Crippen MR) is 128 cm³/mol. The van der Waals surface area contributed by atoms with E-state index in [9.17, 15) is 19.2 Å². The van der Waals surface area contributed by atoms with Crippen molar-refractivity contribution in [3.8, 4) is 0 Å². The predicted octanol–water partition coefficient (Wildman–Crippen LogP) is 2.97. The van der Waals surface area contributed by atoms with Crippen molar-refractivity contribution >= 4 is 34.4 Å². The van der Waals surface area contributed by atoms with Crippen LogP contribution in [0, 0.1) is 0 Å². The quantitative estimate of drug-likeness (QED) is 0.469. The van der Waals surface area contributed by atoms with Crippen molar-refractivity contribution in [1.29, 1.82) is 0 Å². The van der Waals surface area contributed by atoms with Crippen LogP contribution in [0.1, 0.15) is 36.6 Å². The van der Waals surface area contributed by atoms with Crippen molar-refractivity contribution in [1.82, 2.24) is 14.0 Å². The highest BCUT2D eigenvalue weighted by atomic mass is 16.2. The smallest absolute Gasteiger partial charge is 0.322 e. The van der Waals surface area contributed by atoms with Gasteiger partial charge >= 0.3 is 5.69 Å². The minimum absolute atomic E-state index is 0.155. The lowest BCUT2D eigenvalue weighted by Gasteiger charge is -2.13. The van der Waals surface area contributed by atoms with E-state index in [-0.39, 0.29) is 29.3 Å². The van der Waals surface area contributed by atoms with Crippen LogP contribution < -0.4 is 11.0 Å². The Morgan fingerprint density at radius 2 is 1.50 bits per heavy atom. The zero-order chi connectivity index (χ0) is 24.0. The van der Waals surface area contributed by atoms with Gasteiger partial charge in [0.05, 0.1) is 22.2 Å². The number of amides is 3. The van der Waals surface area contributed by atoms with Crippen molar-refractivity contribution in [3.63, 3.8) is 0 Å². The van der Waals surface area contributed by atoms with E-state index < -0.39 is 11.8 Å². The first-order valence-corrected chi connectivity index (χ1v) is 10.9. The molecule has 3 aromatic carbocycles. The molecule has 0 radical (unpaired) electrons. The summed E-state index contributed by atoms with van der Waals surface area (Å²) >= 11 is 0. The van der Waals surface area contributed by atoms with E-state index >= 15 is 0 Å². The van der Waals surface area contributed by atoms with Crippen molar-refractivity contribution in [2.45, 2.75) is 6.42 Å². The molecule has 0 bridgehead atoms. The fourth-order valence-electron chi connectivity index (χ4n) is 4.31. The maximum absolute atomic E-state index is 12.9. The summed E-state index contributed by atoms with van der Waals surface area (Å²) < 4.78 is 3.04. The summed E-state index contributed by atoms with van der Waals surface area (Å²) in [6.07, 6.45) is 0.560. The average molecular weight is 454 g/mol. The molecule has 8 nitrogen and oxygen atoms in total. The van der Waals surface area contributed by atoms with Gasteiger partial charge in [0.15, 0.2) is 0 Å². The van der Waals surface area contributed by atoms with Gasteiger partial charge in [-0.1, -0.05) is 30.3 Å². The normalized spacial score (nSPS) is 12.9. The van der Waals surface area contributed by atoms with E-state index in [0.29, 0.717) is 23.2 Å². The van der Waals surface area contributed by atoms with Gasteiger partial charge in [0.2, 0.25) is 0 Å². The fraction of sp³-hybridized carbons (Fsp3) is 0.154. The van der Waals surface area contributed by atoms with Crippen LogP contribution in [0.3, 0.4) is 0 Å². The van der Waals surface area contributed by atoms with Crippen LogP contribution in [0.4, 0.5) is 5.69 Å². The molecule has 170 valence electrons. The van der Waals surface area contributed by atoms with Crippen LogP contribution in [-0.2, 0) is 20.5 Å². The Hall–Kier alpha value is -4.46. The summed E-state index contributed by atoms with van der Waals surface area (Å²) in [5.74, 6) is -1.16. The molecule has 8 heteroatoms. The minimum atomic E-state index is -0.411. The second-order valence-electron chi connectivity index (χ2n) is 8.32. The molecule has 0 atom stereocenters. The minimum Gasteiger partial charge on any atom is -0.322 e. The molecule has 0 unspecified atom stereocenters. The van der Waals surface area contributed by atoms with Gasteiger partial charge in [-0.05, 0) is 48.4 Å². The molecule has 0 spiro atoms. The monoisotopic (exact) mass is 454 g/mol. The molecule has 1 aromatic heterocycles. The number of hydrogen-bond acceptors (Lipinski definition) is 4. The lowest BCUT2D eigenvalue weighted by molar-refractivity contribution is 0.0656. The summed E-state index contributed by atoms with van der Waals surface area (Å²) in [4.78, 5) is 51.9. The van der Waals surface area contributed by atoms with Crippen LogP contribution in [0.25, 0.3) is 11.0 Å². The Labute approximate surface area is 195 Å². The van der Waals surface area contributed by atoms with Gasteiger partial charge in [-0.25, -0.2) is 4.79 Å². The maximum atomic E-state index is 12.9. The van der Waals surface area contributed by atoms with Crippen LogP contribution in [-0.4, -0.2) is 38.3 Å². The lowest BCUT2D eigenvalue weighted by atomic mass is 10.1. The van der Waals surface area contributed by atoms with Crippen LogP contribution in [0.5, 0.6) is 0 Å². The number of aromatic nitrogens is 2. The van der Waals surface area contributed by atoms with Gasteiger partial charge in [-0.3, -0.25) is 28.4 Å². The Balaban J connectivity index is 1.35. The Morgan fingerprint density at radius 1 is 0.794 bits per heavy atom. The van der Waals surface area contributed by atoms with Gasteiger partial charge in [0, 0.05) is 31.9 Å². The summed E-state index contributed by atoms with van der Waals surface area (Å²) in [6.45, 7) is 0.272. The molecule has 0 saturated carbocycles. The zero-order valence-corrected chi connectivity index (χ0v) is 18.7. The molecular weight excluding hydrogens is 432 g/mol. The number of fused-ring (bicyclic) bond motifs is 2. The average Bonchev–Trinajstić information content (AvgIpc) is 3.22. The zero-order valence-electron chi connectivity index (χ0n) is 18.7. The summed E-state index contributed by atoms with van der Waals surface area (Å²) in [6, 6.07) is 19.4. The number of imide groups is 1. The Bertz CT molecular complexity index is 1530. The molecule has 0 aliphatic carbocycles. The highest BCUT2D eigenvalue weighted by Gasteiger charge is 2.35. The molecular formula is C26H22N4O4. The molecule has 1 aliphatic heterocycles. The highest BCUT2D eigenvalue weighted by Crippen LogP contribution is 2.25. The molecule has 1 aliphatic rings. The third-order valence-electron chi connectivity index (χ3n) is 6.23. The Morgan fingerprint density at radius 3 is 2.26 bits per heavy atom. The van der Waals surface area contributed by atoms with Gasteiger partial charge in [0.25, 0.3) is 17.7 Å². The lowest BCUT2D eigenvalue weighted by Crippen LogP contribution is -2.31. The van der Waals surface area contributed by atoms with E-state index in [1.54, 1.807) is 32.3 Å². The standard InChI is InChI=1S/C26H22N4O4/c1-28-21-11-9-18(15-22(21)29(2)26(28)34)27-23(31)17-8-10-19-20(14-17)25(33)30(24(19)32)13-12-16-6-4-3-5-7-16/h3-11,14-15H,12-13H2,1-2H3,(H,27,31). The van der Waals surface area contributed by atoms with Crippen molar-refractivity contribution in [3.05, 3.63) is 99.5 Å². The number of nitrogens with one attached hydrogen (secondary N) is 1. The number of imidazole rings is 1. The van der Waals surface area contributed by atoms with Gasteiger partial charge in [-0.2, -0.15) is 0 Å². The number of aryl methyl sites for hydroxylation is 2. The van der Waals surface area contributed by atoms with Gasteiger partial charge in [-0.15, -0.1) is 0 Å². The first kappa shape index (κ1) is 21.4. The maximum Gasteiger partial charge on any atom is 0.328 e.